The molecule has 3 aromatic rings. The highest BCUT2D eigenvalue weighted by Crippen LogP contribution is 2.35. The standard InChI is InChI=1S/C32H39N3O9S2/c1-22(2)17-35(46(41,42)26-9-10-30-31(16-26)44-21-43-30)18-28(36)27(15-24-7-5-4-6-8-24)34-32(38)23(3)19-45(39,40)20-29(37)25-11-13-33-14-12-25/h4-14,16,22-23,27-28,36H,15,17-21H2,1-3H3,(H,34,38)/t23-,27?,28-/m1/s1. The van der Waals surface area contributed by atoms with Gasteiger partial charge >= 0.3 is 0 Å². The SMILES string of the molecule is CC(C)CN(C[C@@H](O)C(Cc1ccccc1)NC(=O)[C@H](C)CS(=O)(=O)CC(=O)c1ccncc1)S(=O)(=O)c1ccc2c(c1)OCO2. The number of Topliss-reactive ketones (excluding diaryl/α,β-unsaturated/α-hetero) is 1. The van der Waals surface area contributed by atoms with Crippen LogP contribution < -0.4 is 14.8 Å². The van der Waals surface area contributed by atoms with Crippen LogP contribution >= 0.6 is 0 Å². The molecule has 0 radical (unpaired) electrons. The molecule has 1 aliphatic rings. The fourth-order valence-corrected chi connectivity index (χ4v) is 8.25. The van der Waals surface area contributed by atoms with E-state index in [1.807, 2.05) is 19.9 Å². The van der Waals surface area contributed by atoms with Crippen LogP contribution in [-0.4, -0.2) is 86.5 Å². The monoisotopic (exact) mass is 673 g/mol. The molecule has 0 saturated heterocycles. The van der Waals surface area contributed by atoms with E-state index in [1.54, 1.807) is 24.3 Å². The molecule has 1 aromatic heterocycles. The molecule has 2 heterocycles. The topological polar surface area (TPSA) is 169 Å². The van der Waals surface area contributed by atoms with Crippen LogP contribution in [0.4, 0.5) is 0 Å². The van der Waals surface area contributed by atoms with Gasteiger partial charge in [-0.2, -0.15) is 4.31 Å². The van der Waals surface area contributed by atoms with E-state index >= 15 is 0 Å². The number of nitrogens with one attached hydrogen (secondary N) is 1. The fraction of sp³-hybridized carbons (Fsp3) is 0.406. The highest BCUT2D eigenvalue weighted by molar-refractivity contribution is 7.92. The van der Waals surface area contributed by atoms with Crippen LogP contribution in [0.3, 0.4) is 0 Å². The van der Waals surface area contributed by atoms with Crippen molar-refractivity contribution in [1.29, 1.82) is 0 Å². The average Bonchev–Trinajstić information content (AvgIpc) is 3.49. The number of hydrogen-bond donors (Lipinski definition) is 2. The van der Waals surface area contributed by atoms with Crippen LogP contribution in [0.1, 0.15) is 36.7 Å². The van der Waals surface area contributed by atoms with Crippen LogP contribution in [0.25, 0.3) is 0 Å². The van der Waals surface area contributed by atoms with E-state index in [0.717, 1.165) is 5.56 Å². The van der Waals surface area contributed by atoms with Gasteiger partial charge in [0.1, 0.15) is 5.75 Å². The van der Waals surface area contributed by atoms with Crippen molar-refractivity contribution in [1.82, 2.24) is 14.6 Å². The Morgan fingerprint density at radius 3 is 2.28 bits per heavy atom. The van der Waals surface area contributed by atoms with Gasteiger partial charge < -0.3 is 19.9 Å². The summed E-state index contributed by atoms with van der Waals surface area (Å²) in [6.45, 7) is 4.83. The van der Waals surface area contributed by atoms with Crippen molar-refractivity contribution in [3.05, 3.63) is 84.2 Å². The summed E-state index contributed by atoms with van der Waals surface area (Å²) in [6, 6.07) is 15.2. The Morgan fingerprint density at radius 1 is 0.935 bits per heavy atom. The lowest BCUT2D eigenvalue weighted by Crippen LogP contribution is -2.52. The van der Waals surface area contributed by atoms with Crippen LogP contribution in [0, 0.1) is 11.8 Å². The molecule has 0 fully saturated rings. The minimum atomic E-state index is -4.11. The largest absolute Gasteiger partial charge is 0.454 e. The highest BCUT2D eigenvalue weighted by atomic mass is 32.2. The number of fused-ring (bicyclic) bond motifs is 1. The van der Waals surface area contributed by atoms with Gasteiger partial charge in [0.2, 0.25) is 22.7 Å². The summed E-state index contributed by atoms with van der Waals surface area (Å²) in [4.78, 5) is 29.6. The molecule has 0 bridgehead atoms. The van der Waals surface area contributed by atoms with Crippen LogP contribution in [-0.2, 0) is 31.1 Å². The number of sulfone groups is 1. The summed E-state index contributed by atoms with van der Waals surface area (Å²) in [6.07, 6.45) is 1.55. The molecule has 14 heteroatoms. The lowest BCUT2D eigenvalue weighted by atomic mass is 10.00. The van der Waals surface area contributed by atoms with E-state index in [1.165, 1.54) is 54.0 Å². The molecule has 2 aromatic carbocycles. The van der Waals surface area contributed by atoms with E-state index < -0.39 is 61.1 Å². The molecular formula is C32H39N3O9S2. The van der Waals surface area contributed by atoms with E-state index in [2.05, 4.69) is 10.3 Å². The summed E-state index contributed by atoms with van der Waals surface area (Å²) in [5, 5.41) is 14.2. The predicted octanol–water partition coefficient (Wildman–Crippen LogP) is 2.48. The number of carbonyl (C=O) groups is 2. The normalized spacial score (nSPS) is 15.0. The first-order valence-corrected chi connectivity index (χ1v) is 18.1. The number of aliphatic hydroxyl groups excluding tert-OH is 1. The number of aliphatic hydroxyl groups is 1. The minimum absolute atomic E-state index is 0.0190. The number of rotatable bonds is 16. The maximum Gasteiger partial charge on any atom is 0.243 e. The van der Waals surface area contributed by atoms with E-state index in [4.69, 9.17) is 9.47 Å². The smallest absolute Gasteiger partial charge is 0.243 e. The summed E-state index contributed by atoms with van der Waals surface area (Å²) in [5.41, 5.74) is 0.965. The predicted molar refractivity (Wildman–Crippen MR) is 171 cm³/mol. The van der Waals surface area contributed by atoms with Gasteiger partial charge in [0.25, 0.3) is 0 Å². The van der Waals surface area contributed by atoms with Crippen molar-refractivity contribution < 1.29 is 41.0 Å². The Bertz CT molecular complexity index is 1720. The molecule has 4 rings (SSSR count). The fourth-order valence-electron chi connectivity index (χ4n) is 5.01. The third-order valence-electron chi connectivity index (χ3n) is 7.34. The first-order valence-electron chi connectivity index (χ1n) is 14.8. The molecule has 1 unspecified atom stereocenters. The zero-order valence-electron chi connectivity index (χ0n) is 25.9. The second-order valence-corrected chi connectivity index (χ2v) is 15.8. The number of ether oxygens (including phenoxy) is 2. The van der Waals surface area contributed by atoms with Gasteiger partial charge in [0.15, 0.2) is 27.1 Å². The Labute approximate surface area is 269 Å². The quantitative estimate of drug-likeness (QED) is 0.216. The lowest BCUT2D eigenvalue weighted by Gasteiger charge is -2.31. The zero-order chi connectivity index (χ0) is 33.5. The molecule has 248 valence electrons. The third-order valence-corrected chi connectivity index (χ3v) is 10.9. The Hall–Kier alpha value is -3.85. The van der Waals surface area contributed by atoms with Gasteiger partial charge in [-0.1, -0.05) is 51.1 Å². The highest BCUT2D eigenvalue weighted by Gasteiger charge is 2.33. The number of sulfonamides is 1. The van der Waals surface area contributed by atoms with Crippen LogP contribution in [0.5, 0.6) is 11.5 Å². The minimum Gasteiger partial charge on any atom is -0.454 e. The van der Waals surface area contributed by atoms with Crippen molar-refractivity contribution in [2.24, 2.45) is 11.8 Å². The van der Waals surface area contributed by atoms with E-state index in [-0.39, 0.29) is 42.7 Å². The maximum atomic E-state index is 13.8. The van der Waals surface area contributed by atoms with E-state index in [9.17, 15) is 31.5 Å². The number of amides is 1. The molecule has 0 spiro atoms. The molecule has 1 aliphatic heterocycles. The van der Waals surface area contributed by atoms with Gasteiger partial charge in [-0.3, -0.25) is 14.6 Å². The van der Waals surface area contributed by atoms with Crippen molar-refractivity contribution in [3.63, 3.8) is 0 Å². The number of benzene rings is 2. The van der Waals surface area contributed by atoms with Crippen molar-refractivity contribution in [3.8, 4) is 11.5 Å². The molecular weight excluding hydrogens is 634 g/mol. The molecule has 2 N–H and O–H groups in total. The zero-order valence-corrected chi connectivity index (χ0v) is 27.5. The Morgan fingerprint density at radius 2 is 1.61 bits per heavy atom. The van der Waals surface area contributed by atoms with Gasteiger partial charge in [-0.05, 0) is 42.2 Å². The number of aromatic nitrogens is 1. The van der Waals surface area contributed by atoms with Gasteiger partial charge in [-0.15, -0.1) is 0 Å². The Balaban J connectivity index is 1.51. The van der Waals surface area contributed by atoms with Crippen molar-refractivity contribution in [2.45, 2.75) is 44.2 Å². The summed E-state index contributed by atoms with van der Waals surface area (Å²) in [5.74, 6) is -3.07. The van der Waals surface area contributed by atoms with Gasteiger partial charge in [0.05, 0.1) is 22.8 Å². The Kier molecular flexibility index (Phi) is 11.5. The van der Waals surface area contributed by atoms with Crippen molar-refractivity contribution >= 4 is 31.6 Å². The van der Waals surface area contributed by atoms with Gasteiger partial charge in [-0.25, -0.2) is 16.8 Å². The first-order chi connectivity index (χ1) is 21.7. The summed E-state index contributed by atoms with van der Waals surface area (Å²) in [7, 11) is -8.09. The molecule has 1 amide bonds. The average molecular weight is 674 g/mol. The number of hydrogen-bond acceptors (Lipinski definition) is 10. The van der Waals surface area contributed by atoms with Crippen molar-refractivity contribution in [2.75, 3.05) is 31.4 Å². The van der Waals surface area contributed by atoms with E-state index in [0.29, 0.717) is 11.5 Å². The molecule has 3 atom stereocenters. The number of ketones is 1. The first kappa shape index (κ1) is 35.0. The molecule has 46 heavy (non-hydrogen) atoms. The summed E-state index contributed by atoms with van der Waals surface area (Å²) >= 11 is 0. The number of carbonyl (C=O) groups excluding carboxylic acids is 2. The third kappa shape index (κ3) is 9.34. The molecule has 12 nitrogen and oxygen atoms in total. The van der Waals surface area contributed by atoms with Crippen LogP contribution in [0.15, 0.2) is 78.0 Å². The maximum absolute atomic E-state index is 13.8. The molecule has 0 saturated carbocycles. The second kappa shape index (κ2) is 15.2. The van der Waals surface area contributed by atoms with Gasteiger partial charge in [0, 0.05) is 43.0 Å². The number of nitrogens with zero attached hydrogens (tertiary/aromatic N) is 2. The molecule has 0 aliphatic carbocycles. The van der Waals surface area contributed by atoms with Crippen LogP contribution in [0.2, 0.25) is 0 Å². The summed E-state index contributed by atoms with van der Waals surface area (Å²) < 4.78 is 65.1. The number of pyridine rings is 1. The lowest BCUT2D eigenvalue weighted by molar-refractivity contribution is -0.125. The second-order valence-electron chi connectivity index (χ2n) is 11.7.